The predicted octanol–water partition coefficient (Wildman–Crippen LogP) is 5.57. The van der Waals surface area contributed by atoms with E-state index in [0.29, 0.717) is 17.5 Å². The summed E-state index contributed by atoms with van der Waals surface area (Å²) in [6, 6.07) is 6.48. The highest BCUT2D eigenvalue weighted by molar-refractivity contribution is 6.75. The van der Waals surface area contributed by atoms with E-state index in [1.54, 1.807) is 24.3 Å². The van der Waals surface area contributed by atoms with Crippen LogP contribution in [0.3, 0.4) is 0 Å². The number of hydrogen-bond donors (Lipinski definition) is 0. The lowest BCUT2D eigenvalue weighted by Crippen LogP contribution is -2.28. The third kappa shape index (κ3) is 3.56. The van der Waals surface area contributed by atoms with E-state index in [4.69, 9.17) is 58.0 Å². The summed E-state index contributed by atoms with van der Waals surface area (Å²) < 4.78 is -3.50. The van der Waals surface area contributed by atoms with E-state index in [1.165, 1.54) is 0 Å². The maximum absolute atomic E-state index is 11.5. The SMILES string of the molecule is CCC([O])c1ccc(C(Cl)(Cl)C(Cl)(Cl)Cl)cc1. The second-order valence-electron chi connectivity index (χ2n) is 3.59. The summed E-state index contributed by atoms with van der Waals surface area (Å²) in [7, 11) is 0. The van der Waals surface area contributed by atoms with E-state index < -0.39 is 14.2 Å². The molecule has 0 amide bonds. The molecule has 0 heterocycles. The molecule has 1 radical (unpaired) electrons. The number of hydrogen-bond acceptors (Lipinski definition) is 0. The summed E-state index contributed by atoms with van der Waals surface area (Å²) >= 11 is 29.1. The highest BCUT2D eigenvalue weighted by atomic mass is 35.6. The van der Waals surface area contributed by atoms with Crippen molar-refractivity contribution in [2.45, 2.75) is 27.6 Å². The zero-order valence-electron chi connectivity index (χ0n) is 8.89. The molecule has 1 atom stereocenters. The normalized spacial score (nSPS) is 14.8. The second-order valence-corrected chi connectivity index (χ2v) is 7.20. The third-order valence-corrected chi connectivity index (χ3v) is 4.81. The molecule has 1 aromatic carbocycles. The Hall–Kier alpha value is 0.630. The minimum atomic E-state index is -1.85. The lowest BCUT2D eigenvalue weighted by Gasteiger charge is -2.27. The maximum Gasteiger partial charge on any atom is 0.227 e. The molecule has 0 N–H and O–H groups in total. The van der Waals surface area contributed by atoms with Gasteiger partial charge in [0.05, 0.1) is 0 Å². The quantitative estimate of drug-likeness (QED) is 0.644. The van der Waals surface area contributed by atoms with E-state index in [-0.39, 0.29) is 0 Å². The Labute approximate surface area is 126 Å². The van der Waals surface area contributed by atoms with Gasteiger partial charge >= 0.3 is 0 Å². The number of rotatable bonds is 3. The molecule has 95 valence electrons. The van der Waals surface area contributed by atoms with Crippen molar-refractivity contribution in [1.29, 1.82) is 0 Å². The van der Waals surface area contributed by atoms with Crippen LogP contribution in [0.25, 0.3) is 0 Å². The van der Waals surface area contributed by atoms with E-state index in [2.05, 4.69) is 0 Å². The van der Waals surface area contributed by atoms with Crippen LogP contribution < -0.4 is 0 Å². The molecule has 1 aromatic rings. The average molecular weight is 335 g/mol. The van der Waals surface area contributed by atoms with Gasteiger partial charge < -0.3 is 0 Å². The second kappa shape index (κ2) is 5.73. The highest BCUT2D eigenvalue weighted by Crippen LogP contribution is 2.52. The first kappa shape index (κ1) is 15.7. The van der Waals surface area contributed by atoms with Crippen LogP contribution in [0.15, 0.2) is 24.3 Å². The van der Waals surface area contributed by atoms with Gasteiger partial charge in [-0.1, -0.05) is 89.2 Å². The molecule has 17 heavy (non-hydrogen) atoms. The fraction of sp³-hybridized carbons (Fsp3) is 0.455. The van der Waals surface area contributed by atoms with E-state index >= 15 is 0 Å². The first-order valence-corrected chi connectivity index (χ1v) is 6.80. The summed E-state index contributed by atoms with van der Waals surface area (Å²) in [6.45, 7) is 1.82. The Bertz CT molecular complexity index is 368. The van der Waals surface area contributed by atoms with E-state index in [9.17, 15) is 5.11 Å². The molecule has 0 bridgehead atoms. The summed E-state index contributed by atoms with van der Waals surface area (Å²) in [5.41, 5.74) is 1.09. The zero-order chi connectivity index (χ0) is 13.3. The minimum Gasteiger partial charge on any atom is -0.228 e. The van der Waals surface area contributed by atoms with E-state index in [1.807, 2.05) is 6.92 Å². The molecule has 0 spiro atoms. The van der Waals surface area contributed by atoms with Crippen LogP contribution >= 0.6 is 58.0 Å². The van der Waals surface area contributed by atoms with Crippen LogP contribution in [0.2, 0.25) is 0 Å². The van der Waals surface area contributed by atoms with Crippen LogP contribution in [0, 0.1) is 0 Å². The molecule has 0 saturated heterocycles. The minimum absolute atomic E-state index is 0.438. The first-order chi connectivity index (χ1) is 7.70. The molecular formula is C11H10Cl5O. The van der Waals surface area contributed by atoms with Crippen molar-refractivity contribution in [3.8, 4) is 0 Å². The van der Waals surface area contributed by atoms with Crippen molar-refractivity contribution in [2.75, 3.05) is 0 Å². The molecule has 0 aromatic heterocycles. The van der Waals surface area contributed by atoms with Gasteiger partial charge in [-0.25, -0.2) is 5.11 Å². The topological polar surface area (TPSA) is 19.9 Å². The maximum atomic E-state index is 11.5. The number of benzene rings is 1. The van der Waals surface area contributed by atoms with Crippen LogP contribution in [-0.2, 0) is 9.44 Å². The van der Waals surface area contributed by atoms with Gasteiger partial charge in [-0.3, -0.25) is 0 Å². The molecule has 6 heteroatoms. The van der Waals surface area contributed by atoms with Gasteiger partial charge in [0.2, 0.25) is 3.79 Å². The van der Waals surface area contributed by atoms with Gasteiger partial charge in [0.25, 0.3) is 0 Å². The smallest absolute Gasteiger partial charge is 0.227 e. The van der Waals surface area contributed by atoms with Gasteiger partial charge in [0.15, 0.2) is 4.33 Å². The molecule has 0 aliphatic carbocycles. The van der Waals surface area contributed by atoms with Crippen LogP contribution in [-0.4, -0.2) is 3.79 Å². The third-order valence-electron chi connectivity index (χ3n) is 2.37. The molecule has 0 aliphatic heterocycles. The van der Waals surface area contributed by atoms with Crippen LogP contribution in [0.4, 0.5) is 0 Å². The molecule has 1 unspecified atom stereocenters. The molecule has 1 nitrogen and oxygen atoms in total. The summed E-state index contributed by atoms with van der Waals surface area (Å²) in [4.78, 5) is 0. The monoisotopic (exact) mass is 333 g/mol. The Morgan fingerprint density at radius 1 is 1.06 bits per heavy atom. The summed E-state index contributed by atoms with van der Waals surface area (Å²) in [5.74, 6) is 0. The van der Waals surface area contributed by atoms with Crippen molar-refractivity contribution >= 4 is 58.0 Å². The lowest BCUT2D eigenvalue weighted by atomic mass is 10.0. The Morgan fingerprint density at radius 3 is 1.88 bits per heavy atom. The standard InChI is InChI=1S/C11H10Cl5O/c1-2-9(17)7-3-5-8(6-4-7)10(12,13)11(14,15)16/h3-6,9H,2H2,1H3. The Kier molecular flexibility index (Phi) is 5.29. The van der Waals surface area contributed by atoms with Gasteiger partial charge in [-0.05, 0) is 17.5 Å². The largest absolute Gasteiger partial charge is 0.228 e. The van der Waals surface area contributed by atoms with Gasteiger partial charge in [-0.15, -0.1) is 0 Å². The zero-order valence-corrected chi connectivity index (χ0v) is 12.7. The molecule has 1 rings (SSSR count). The number of alkyl halides is 5. The lowest BCUT2D eigenvalue weighted by molar-refractivity contribution is 0.0857. The van der Waals surface area contributed by atoms with Gasteiger partial charge in [0, 0.05) is 0 Å². The molecule has 0 saturated carbocycles. The number of halogens is 5. The van der Waals surface area contributed by atoms with Crippen LogP contribution in [0.1, 0.15) is 30.6 Å². The van der Waals surface area contributed by atoms with Crippen molar-refractivity contribution in [2.24, 2.45) is 0 Å². The van der Waals surface area contributed by atoms with Crippen LogP contribution in [0.5, 0.6) is 0 Å². The first-order valence-electron chi connectivity index (χ1n) is 4.91. The van der Waals surface area contributed by atoms with Crippen molar-refractivity contribution in [3.05, 3.63) is 35.4 Å². The van der Waals surface area contributed by atoms with Gasteiger partial charge in [-0.2, -0.15) is 0 Å². The fourth-order valence-electron chi connectivity index (χ4n) is 1.31. The van der Waals surface area contributed by atoms with Crippen molar-refractivity contribution in [3.63, 3.8) is 0 Å². The average Bonchev–Trinajstić information content (AvgIpc) is 2.26. The summed E-state index contributed by atoms with van der Waals surface area (Å²) in [5, 5.41) is 11.5. The molecule has 0 aliphatic rings. The molecule has 0 fully saturated rings. The van der Waals surface area contributed by atoms with Gasteiger partial charge in [0.1, 0.15) is 6.10 Å². The Morgan fingerprint density at radius 2 is 1.53 bits per heavy atom. The predicted molar refractivity (Wildman–Crippen MR) is 73.8 cm³/mol. The molecular weight excluding hydrogens is 325 g/mol. The Balaban J connectivity index is 3.03. The van der Waals surface area contributed by atoms with Crippen molar-refractivity contribution < 1.29 is 5.11 Å². The van der Waals surface area contributed by atoms with E-state index in [0.717, 1.165) is 0 Å². The van der Waals surface area contributed by atoms with Crippen molar-refractivity contribution in [1.82, 2.24) is 0 Å². The highest BCUT2D eigenvalue weighted by Gasteiger charge is 2.47. The fourth-order valence-corrected chi connectivity index (χ4v) is 1.89. The summed E-state index contributed by atoms with van der Waals surface area (Å²) in [6.07, 6.45) is -0.256.